The molecule has 4 nitrogen and oxygen atoms in total. The Bertz CT molecular complexity index is 389. The second-order valence-electron chi connectivity index (χ2n) is 6.08. The molecule has 3 rings (SSSR count). The molecule has 2 aliphatic carbocycles. The fourth-order valence-corrected chi connectivity index (χ4v) is 3.41. The van der Waals surface area contributed by atoms with Gasteiger partial charge in [0, 0.05) is 6.42 Å². The Morgan fingerprint density at radius 3 is 2.56 bits per heavy atom. The predicted molar refractivity (Wildman–Crippen MR) is 68.9 cm³/mol. The highest BCUT2D eigenvalue weighted by Gasteiger charge is 2.36. The minimum atomic E-state index is -0.311. The molecular formula is C14H23N3O. The van der Waals surface area contributed by atoms with Gasteiger partial charge in [-0.1, -0.05) is 37.3 Å². The average molecular weight is 249 g/mol. The standard InChI is InChI=1S/C14H23N3O/c15-14(8-4-5-9-14)13-16-12(18-17-13)10-11-6-2-1-3-7-11/h11H,1-10,15H2. The molecule has 1 aromatic rings. The topological polar surface area (TPSA) is 64.9 Å². The van der Waals surface area contributed by atoms with Gasteiger partial charge in [0.1, 0.15) is 0 Å². The molecule has 0 unspecified atom stereocenters. The molecule has 4 heteroatoms. The molecule has 0 bridgehead atoms. The third kappa shape index (κ3) is 2.44. The van der Waals surface area contributed by atoms with Crippen LogP contribution in [0.5, 0.6) is 0 Å². The van der Waals surface area contributed by atoms with Gasteiger partial charge in [0.25, 0.3) is 0 Å². The Balaban J connectivity index is 1.65. The van der Waals surface area contributed by atoms with Crippen LogP contribution in [-0.4, -0.2) is 10.1 Å². The van der Waals surface area contributed by atoms with Crippen molar-refractivity contribution < 1.29 is 4.52 Å². The normalized spacial score (nSPS) is 24.5. The molecular weight excluding hydrogens is 226 g/mol. The summed E-state index contributed by atoms with van der Waals surface area (Å²) in [5.41, 5.74) is 6.03. The van der Waals surface area contributed by atoms with E-state index < -0.39 is 0 Å². The predicted octanol–water partition coefficient (Wildman–Crippen LogP) is 2.92. The fraction of sp³-hybridized carbons (Fsp3) is 0.857. The summed E-state index contributed by atoms with van der Waals surface area (Å²) in [5, 5.41) is 4.12. The number of nitrogens with zero attached hydrogens (tertiary/aromatic N) is 2. The molecule has 2 aliphatic rings. The van der Waals surface area contributed by atoms with Gasteiger partial charge in [-0.2, -0.15) is 4.98 Å². The summed E-state index contributed by atoms with van der Waals surface area (Å²) in [4.78, 5) is 4.56. The molecule has 0 atom stereocenters. The summed E-state index contributed by atoms with van der Waals surface area (Å²) in [6.07, 6.45) is 12.0. The van der Waals surface area contributed by atoms with E-state index in [-0.39, 0.29) is 5.54 Å². The van der Waals surface area contributed by atoms with Gasteiger partial charge < -0.3 is 10.3 Å². The van der Waals surface area contributed by atoms with E-state index in [4.69, 9.17) is 10.3 Å². The first-order chi connectivity index (χ1) is 8.76. The summed E-state index contributed by atoms with van der Waals surface area (Å²) in [6, 6.07) is 0. The zero-order valence-electron chi connectivity index (χ0n) is 11.0. The van der Waals surface area contributed by atoms with Gasteiger partial charge in [-0.25, -0.2) is 0 Å². The van der Waals surface area contributed by atoms with Crippen LogP contribution in [0.25, 0.3) is 0 Å². The van der Waals surface area contributed by atoms with E-state index in [1.807, 2.05) is 0 Å². The van der Waals surface area contributed by atoms with E-state index in [0.29, 0.717) is 0 Å². The molecule has 1 aromatic heterocycles. The highest BCUT2D eigenvalue weighted by molar-refractivity contribution is 5.06. The lowest BCUT2D eigenvalue weighted by molar-refractivity contribution is 0.300. The Labute approximate surface area is 108 Å². The van der Waals surface area contributed by atoms with Crippen molar-refractivity contribution in [2.75, 3.05) is 0 Å². The van der Waals surface area contributed by atoms with E-state index in [0.717, 1.165) is 36.9 Å². The molecule has 2 fully saturated rings. The van der Waals surface area contributed by atoms with Crippen LogP contribution in [0.4, 0.5) is 0 Å². The van der Waals surface area contributed by atoms with Crippen molar-refractivity contribution in [3.8, 4) is 0 Å². The van der Waals surface area contributed by atoms with Crippen LogP contribution in [-0.2, 0) is 12.0 Å². The molecule has 18 heavy (non-hydrogen) atoms. The van der Waals surface area contributed by atoms with Gasteiger partial charge in [-0.05, 0) is 31.6 Å². The van der Waals surface area contributed by atoms with E-state index in [1.165, 1.54) is 44.9 Å². The van der Waals surface area contributed by atoms with Crippen molar-refractivity contribution in [1.82, 2.24) is 10.1 Å². The average Bonchev–Trinajstić information content (AvgIpc) is 3.01. The minimum absolute atomic E-state index is 0.311. The van der Waals surface area contributed by atoms with Gasteiger partial charge >= 0.3 is 0 Å². The maximum absolute atomic E-state index is 6.34. The summed E-state index contributed by atoms with van der Waals surface area (Å²) in [5.74, 6) is 2.28. The highest BCUT2D eigenvalue weighted by Crippen LogP contribution is 2.35. The molecule has 0 spiro atoms. The quantitative estimate of drug-likeness (QED) is 0.894. The van der Waals surface area contributed by atoms with Crippen LogP contribution >= 0.6 is 0 Å². The molecule has 0 saturated heterocycles. The first kappa shape index (κ1) is 12.2. The lowest BCUT2D eigenvalue weighted by Gasteiger charge is -2.19. The van der Waals surface area contributed by atoms with Gasteiger partial charge in [-0.15, -0.1) is 0 Å². The summed E-state index contributed by atoms with van der Waals surface area (Å²) >= 11 is 0. The number of nitrogens with two attached hydrogens (primary N) is 1. The monoisotopic (exact) mass is 249 g/mol. The fourth-order valence-electron chi connectivity index (χ4n) is 3.41. The summed E-state index contributed by atoms with van der Waals surface area (Å²) in [7, 11) is 0. The Hall–Kier alpha value is -0.900. The van der Waals surface area contributed by atoms with E-state index >= 15 is 0 Å². The maximum Gasteiger partial charge on any atom is 0.226 e. The van der Waals surface area contributed by atoms with Crippen molar-refractivity contribution in [2.24, 2.45) is 11.7 Å². The van der Waals surface area contributed by atoms with E-state index in [2.05, 4.69) is 10.1 Å². The van der Waals surface area contributed by atoms with Gasteiger partial charge in [0.2, 0.25) is 5.89 Å². The zero-order valence-corrected chi connectivity index (χ0v) is 11.0. The third-order valence-electron chi connectivity index (χ3n) is 4.60. The molecule has 0 aliphatic heterocycles. The number of hydrogen-bond acceptors (Lipinski definition) is 4. The lowest BCUT2D eigenvalue weighted by atomic mass is 9.87. The number of aromatic nitrogens is 2. The Morgan fingerprint density at radius 1 is 1.11 bits per heavy atom. The minimum Gasteiger partial charge on any atom is -0.339 e. The van der Waals surface area contributed by atoms with Crippen molar-refractivity contribution >= 4 is 0 Å². The second kappa shape index (κ2) is 5.00. The second-order valence-corrected chi connectivity index (χ2v) is 6.08. The first-order valence-corrected chi connectivity index (χ1v) is 7.38. The molecule has 2 saturated carbocycles. The lowest BCUT2D eigenvalue weighted by Crippen LogP contribution is -2.34. The van der Waals surface area contributed by atoms with Crippen LogP contribution in [0, 0.1) is 5.92 Å². The number of hydrogen-bond donors (Lipinski definition) is 1. The van der Waals surface area contributed by atoms with Crippen molar-refractivity contribution in [3.05, 3.63) is 11.7 Å². The Morgan fingerprint density at radius 2 is 1.83 bits per heavy atom. The van der Waals surface area contributed by atoms with Crippen LogP contribution < -0.4 is 5.73 Å². The van der Waals surface area contributed by atoms with Crippen LogP contribution in [0.3, 0.4) is 0 Å². The van der Waals surface area contributed by atoms with Gasteiger partial charge in [0.15, 0.2) is 5.82 Å². The molecule has 100 valence electrons. The zero-order chi connectivity index (χ0) is 12.4. The SMILES string of the molecule is NC1(c2noc(CC3CCCCC3)n2)CCCC1. The highest BCUT2D eigenvalue weighted by atomic mass is 16.5. The van der Waals surface area contributed by atoms with Gasteiger partial charge in [-0.3, -0.25) is 0 Å². The molecule has 2 N–H and O–H groups in total. The molecule has 0 radical (unpaired) electrons. The van der Waals surface area contributed by atoms with Crippen molar-refractivity contribution in [2.45, 2.75) is 69.7 Å². The summed E-state index contributed by atoms with van der Waals surface area (Å²) < 4.78 is 5.40. The van der Waals surface area contributed by atoms with Gasteiger partial charge in [0.05, 0.1) is 5.54 Å². The number of rotatable bonds is 3. The van der Waals surface area contributed by atoms with E-state index in [9.17, 15) is 0 Å². The summed E-state index contributed by atoms with van der Waals surface area (Å²) in [6.45, 7) is 0. The smallest absolute Gasteiger partial charge is 0.226 e. The molecule has 0 amide bonds. The third-order valence-corrected chi connectivity index (χ3v) is 4.60. The van der Waals surface area contributed by atoms with Crippen molar-refractivity contribution in [3.63, 3.8) is 0 Å². The van der Waals surface area contributed by atoms with Crippen LogP contribution in [0.1, 0.15) is 69.5 Å². The van der Waals surface area contributed by atoms with Crippen LogP contribution in [0.2, 0.25) is 0 Å². The van der Waals surface area contributed by atoms with E-state index in [1.54, 1.807) is 0 Å². The molecule has 0 aromatic carbocycles. The Kier molecular flexibility index (Phi) is 3.37. The molecule has 1 heterocycles. The first-order valence-electron chi connectivity index (χ1n) is 7.38. The van der Waals surface area contributed by atoms with Crippen LogP contribution in [0.15, 0.2) is 4.52 Å². The largest absolute Gasteiger partial charge is 0.339 e. The van der Waals surface area contributed by atoms with Crippen molar-refractivity contribution in [1.29, 1.82) is 0 Å². The maximum atomic E-state index is 6.34.